The number of hydrogen-bond acceptors (Lipinski definition) is 2. The van der Waals surface area contributed by atoms with Crippen LogP contribution in [0.4, 0.5) is 5.69 Å². The van der Waals surface area contributed by atoms with Crippen LogP contribution >= 0.6 is 11.6 Å². The van der Waals surface area contributed by atoms with E-state index in [4.69, 9.17) is 11.6 Å². The molecule has 0 saturated carbocycles. The van der Waals surface area contributed by atoms with Crippen molar-refractivity contribution in [2.24, 2.45) is 4.99 Å². The second kappa shape index (κ2) is 6.60. The molecule has 0 spiro atoms. The van der Waals surface area contributed by atoms with Gasteiger partial charge in [-0.1, -0.05) is 71.3 Å². The average Bonchev–Trinajstić information content (AvgIpc) is 2.45. The summed E-state index contributed by atoms with van der Waals surface area (Å²) in [6.45, 7) is 12.8. The quantitative estimate of drug-likeness (QED) is 0.629. The number of phenolic OH excluding ortho intramolecular Hbond substituents is 1. The third-order valence-corrected chi connectivity index (χ3v) is 4.33. The molecule has 0 amide bonds. The Balaban J connectivity index is 2.59. The fraction of sp³-hybridized carbons (Fsp3) is 0.381. The summed E-state index contributed by atoms with van der Waals surface area (Å²) in [6, 6.07) is 11.5. The number of aliphatic imine (C=N–C) groups is 1. The van der Waals surface area contributed by atoms with Crippen molar-refractivity contribution in [1.82, 2.24) is 0 Å². The van der Waals surface area contributed by atoms with Gasteiger partial charge in [0.1, 0.15) is 5.75 Å². The van der Waals surface area contributed by atoms with E-state index in [0.717, 1.165) is 5.56 Å². The minimum atomic E-state index is -0.154. The van der Waals surface area contributed by atoms with Crippen LogP contribution in [0.15, 0.2) is 41.4 Å². The van der Waals surface area contributed by atoms with Crippen molar-refractivity contribution in [3.8, 4) is 5.75 Å². The summed E-state index contributed by atoms with van der Waals surface area (Å²) in [5, 5.41) is 11.3. The molecular weight excluding hydrogens is 318 g/mol. The highest BCUT2D eigenvalue weighted by atomic mass is 35.5. The fourth-order valence-corrected chi connectivity index (χ4v) is 2.64. The highest BCUT2D eigenvalue weighted by Gasteiger charge is 2.24. The van der Waals surface area contributed by atoms with Crippen molar-refractivity contribution in [1.29, 1.82) is 0 Å². The molecule has 3 heteroatoms. The van der Waals surface area contributed by atoms with Crippen molar-refractivity contribution >= 4 is 23.5 Å². The van der Waals surface area contributed by atoms with Crippen LogP contribution in [0.2, 0.25) is 5.02 Å². The molecule has 0 aliphatic rings. The van der Waals surface area contributed by atoms with Crippen LogP contribution in [0.3, 0.4) is 0 Å². The summed E-state index contributed by atoms with van der Waals surface area (Å²) in [5.74, 6) is 0.284. The van der Waals surface area contributed by atoms with Crippen LogP contribution in [-0.2, 0) is 10.8 Å². The lowest BCUT2D eigenvalue weighted by Gasteiger charge is -2.27. The molecule has 0 aliphatic carbocycles. The van der Waals surface area contributed by atoms with E-state index < -0.39 is 0 Å². The maximum absolute atomic E-state index is 10.7. The maximum atomic E-state index is 10.7. The maximum Gasteiger partial charge on any atom is 0.128 e. The Hall–Kier alpha value is -1.80. The lowest BCUT2D eigenvalue weighted by molar-refractivity contribution is 0.444. The number of aromatic hydroxyl groups is 1. The van der Waals surface area contributed by atoms with Gasteiger partial charge in [0.05, 0.1) is 10.7 Å². The van der Waals surface area contributed by atoms with Gasteiger partial charge in [-0.3, -0.25) is 4.99 Å². The smallest absolute Gasteiger partial charge is 0.128 e. The zero-order valence-electron chi connectivity index (χ0n) is 15.3. The first kappa shape index (κ1) is 18.5. The molecule has 0 radical (unpaired) electrons. The molecule has 0 saturated heterocycles. The van der Waals surface area contributed by atoms with E-state index in [0.29, 0.717) is 16.3 Å². The molecule has 2 aromatic rings. The zero-order chi connectivity index (χ0) is 18.1. The van der Waals surface area contributed by atoms with Crippen LogP contribution in [0.5, 0.6) is 5.75 Å². The molecule has 24 heavy (non-hydrogen) atoms. The average molecular weight is 344 g/mol. The SMILES string of the molecule is CC(C)(C)c1cc(C=Nc2ccccc2Cl)c(O)c(C(C)(C)C)c1. The predicted molar refractivity (Wildman–Crippen MR) is 104 cm³/mol. The number of para-hydroxylation sites is 1. The number of halogens is 1. The lowest BCUT2D eigenvalue weighted by atomic mass is 9.79. The van der Waals surface area contributed by atoms with Crippen LogP contribution in [0.1, 0.15) is 58.2 Å². The number of nitrogens with zero attached hydrogens (tertiary/aromatic N) is 1. The Morgan fingerprint density at radius 3 is 2.12 bits per heavy atom. The van der Waals surface area contributed by atoms with Gasteiger partial charge in [-0.05, 0) is 34.6 Å². The second-order valence-corrected chi connectivity index (χ2v) is 8.58. The van der Waals surface area contributed by atoms with Crippen LogP contribution < -0.4 is 0 Å². The molecule has 1 N–H and O–H groups in total. The van der Waals surface area contributed by atoms with Crippen molar-refractivity contribution in [2.45, 2.75) is 52.4 Å². The normalized spacial score (nSPS) is 12.8. The van der Waals surface area contributed by atoms with Gasteiger partial charge in [-0.25, -0.2) is 0 Å². The first-order chi connectivity index (χ1) is 11.0. The van der Waals surface area contributed by atoms with E-state index in [2.05, 4.69) is 52.6 Å². The van der Waals surface area contributed by atoms with Gasteiger partial charge in [0.2, 0.25) is 0 Å². The summed E-state index contributed by atoms with van der Waals surface area (Å²) in [4.78, 5) is 4.47. The van der Waals surface area contributed by atoms with Gasteiger partial charge >= 0.3 is 0 Å². The summed E-state index contributed by atoms with van der Waals surface area (Å²) in [6.07, 6.45) is 1.70. The second-order valence-electron chi connectivity index (χ2n) is 8.17. The van der Waals surface area contributed by atoms with Gasteiger partial charge in [0, 0.05) is 17.3 Å². The highest BCUT2D eigenvalue weighted by Crippen LogP contribution is 2.37. The summed E-state index contributed by atoms with van der Waals surface area (Å²) in [5.41, 5.74) is 3.34. The topological polar surface area (TPSA) is 32.6 Å². The van der Waals surface area contributed by atoms with E-state index in [1.807, 2.05) is 24.3 Å². The van der Waals surface area contributed by atoms with Crippen molar-refractivity contribution < 1.29 is 5.11 Å². The molecule has 0 aliphatic heterocycles. The van der Waals surface area contributed by atoms with Crippen LogP contribution in [0, 0.1) is 0 Å². The highest BCUT2D eigenvalue weighted by molar-refractivity contribution is 6.33. The predicted octanol–water partition coefficient (Wildman–Crippen LogP) is 6.39. The molecule has 0 heterocycles. The number of hydrogen-bond donors (Lipinski definition) is 1. The molecule has 0 atom stereocenters. The number of benzene rings is 2. The fourth-order valence-electron chi connectivity index (χ4n) is 2.46. The molecule has 0 fully saturated rings. The monoisotopic (exact) mass is 343 g/mol. The minimum Gasteiger partial charge on any atom is -0.507 e. The van der Waals surface area contributed by atoms with Gasteiger partial charge in [-0.2, -0.15) is 0 Å². The number of phenols is 1. The van der Waals surface area contributed by atoms with Crippen molar-refractivity contribution in [2.75, 3.05) is 0 Å². The first-order valence-corrected chi connectivity index (χ1v) is 8.54. The Morgan fingerprint density at radius 1 is 0.958 bits per heavy atom. The van der Waals surface area contributed by atoms with E-state index in [1.54, 1.807) is 12.3 Å². The van der Waals surface area contributed by atoms with E-state index in [1.165, 1.54) is 5.56 Å². The molecule has 2 rings (SSSR count). The van der Waals surface area contributed by atoms with Crippen molar-refractivity contribution in [3.63, 3.8) is 0 Å². The molecular formula is C21H26ClNO. The molecule has 128 valence electrons. The largest absolute Gasteiger partial charge is 0.507 e. The summed E-state index contributed by atoms with van der Waals surface area (Å²) >= 11 is 6.16. The standard InChI is InChI=1S/C21H26ClNO/c1-20(2,3)15-11-14(19(24)16(12-15)21(4,5)6)13-23-18-10-8-7-9-17(18)22/h7-13,24H,1-6H3. The Labute approximate surface area is 150 Å². The zero-order valence-corrected chi connectivity index (χ0v) is 16.1. The van der Waals surface area contributed by atoms with E-state index in [-0.39, 0.29) is 16.6 Å². The van der Waals surface area contributed by atoms with Crippen molar-refractivity contribution in [3.05, 3.63) is 58.1 Å². The molecule has 0 bridgehead atoms. The summed E-state index contributed by atoms with van der Waals surface area (Å²) in [7, 11) is 0. The number of rotatable bonds is 2. The molecule has 2 nitrogen and oxygen atoms in total. The van der Waals surface area contributed by atoms with Crippen LogP contribution in [-0.4, -0.2) is 11.3 Å². The Morgan fingerprint density at radius 2 is 1.58 bits per heavy atom. The third kappa shape index (κ3) is 4.18. The van der Waals surface area contributed by atoms with Crippen LogP contribution in [0.25, 0.3) is 0 Å². The van der Waals surface area contributed by atoms with Gasteiger partial charge in [0.15, 0.2) is 0 Å². The minimum absolute atomic E-state index is 0.0132. The third-order valence-electron chi connectivity index (χ3n) is 4.01. The Bertz CT molecular complexity index is 764. The van der Waals surface area contributed by atoms with Gasteiger partial charge in [0.25, 0.3) is 0 Å². The Kier molecular flexibility index (Phi) is 5.10. The van der Waals surface area contributed by atoms with E-state index in [9.17, 15) is 5.11 Å². The van der Waals surface area contributed by atoms with Gasteiger partial charge in [-0.15, -0.1) is 0 Å². The van der Waals surface area contributed by atoms with E-state index >= 15 is 0 Å². The molecule has 2 aromatic carbocycles. The first-order valence-electron chi connectivity index (χ1n) is 8.17. The molecule has 0 unspecified atom stereocenters. The summed E-state index contributed by atoms with van der Waals surface area (Å²) < 4.78 is 0. The van der Waals surface area contributed by atoms with Gasteiger partial charge < -0.3 is 5.11 Å². The lowest BCUT2D eigenvalue weighted by Crippen LogP contribution is -2.17. The molecule has 0 aromatic heterocycles.